The highest BCUT2D eigenvalue weighted by Crippen LogP contribution is 2.32. The lowest BCUT2D eigenvalue weighted by molar-refractivity contribution is 0.477. The van der Waals surface area contributed by atoms with Crippen LogP contribution in [0.5, 0.6) is 5.75 Å². The molecule has 0 fully saturated rings. The molecule has 0 radical (unpaired) electrons. The minimum absolute atomic E-state index is 0. The standard InChI is InChI=1S/C8H10ClNO.ClH/c1-4-3-6(11)8(10)5(2)7(4)9;/h3,11H,10H2,1-2H3;1H. The summed E-state index contributed by atoms with van der Waals surface area (Å²) < 4.78 is 0. The molecule has 0 unspecified atom stereocenters. The van der Waals surface area contributed by atoms with E-state index < -0.39 is 0 Å². The van der Waals surface area contributed by atoms with Gasteiger partial charge in [0.05, 0.1) is 5.69 Å². The molecule has 0 atom stereocenters. The number of anilines is 1. The van der Waals surface area contributed by atoms with Gasteiger partial charge in [0.25, 0.3) is 0 Å². The van der Waals surface area contributed by atoms with Crippen molar-refractivity contribution in [2.24, 2.45) is 0 Å². The van der Waals surface area contributed by atoms with Crippen molar-refractivity contribution in [3.8, 4) is 5.75 Å². The van der Waals surface area contributed by atoms with Crippen LogP contribution in [0.3, 0.4) is 0 Å². The summed E-state index contributed by atoms with van der Waals surface area (Å²) in [5, 5.41) is 9.85. The summed E-state index contributed by atoms with van der Waals surface area (Å²) in [7, 11) is 0. The van der Waals surface area contributed by atoms with E-state index in [0.717, 1.165) is 11.1 Å². The zero-order valence-electron chi connectivity index (χ0n) is 6.89. The monoisotopic (exact) mass is 207 g/mol. The summed E-state index contributed by atoms with van der Waals surface area (Å²) in [5.41, 5.74) is 7.46. The summed E-state index contributed by atoms with van der Waals surface area (Å²) in [6.45, 7) is 3.61. The van der Waals surface area contributed by atoms with Crippen molar-refractivity contribution in [2.75, 3.05) is 5.73 Å². The van der Waals surface area contributed by atoms with Crippen LogP contribution in [0, 0.1) is 13.8 Å². The average Bonchev–Trinajstić information content (AvgIpc) is 1.97. The molecule has 1 aromatic carbocycles. The highest BCUT2D eigenvalue weighted by molar-refractivity contribution is 6.32. The van der Waals surface area contributed by atoms with Gasteiger partial charge in [0, 0.05) is 5.02 Å². The predicted molar refractivity (Wildman–Crippen MR) is 54.3 cm³/mol. The molecular weight excluding hydrogens is 197 g/mol. The van der Waals surface area contributed by atoms with E-state index in [9.17, 15) is 5.11 Å². The maximum absolute atomic E-state index is 9.22. The highest BCUT2D eigenvalue weighted by atomic mass is 35.5. The first-order valence-corrected chi connectivity index (χ1v) is 3.66. The third-order valence-corrected chi connectivity index (χ3v) is 2.29. The highest BCUT2D eigenvalue weighted by Gasteiger charge is 2.07. The zero-order chi connectivity index (χ0) is 8.59. The summed E-state index contributed by atoms with van der Waals surface area (Å²) in [6, 6.07) is 1.56. The third-order valence-electron chi connectivity index (χ3n) is 1.71. The third kappa shape index (κ3) is 1.76. The van der Waals surface area contributed by atoms with Crippen LogP contribution in [0.1, 0.15) is 11.1 Å². The van der Waals surface area contributed by atoms with E-state index >= 15 is 0 Å². The van der Waals surface area contributed by atoms with Crippen molar-refractivity contribution >= 4 is 29.7 Å². The Kier molecular flexibility index (Phi) is 3.68. The van der Waals surface area contributed by atoms with Crippen molar-refractivity contribution in [1.82, 2.24) is 0 Å². The molecule has 4 heteroatoms. The average molecular weight is 208 g/mol. The van der Waals surface area contributed by atoms with Gasteiger partial charge in [0.15, 0.2) is 0 Å². The van der Waals surface area contributed by atoms with E-state index in [1.165, 1.54) is 0 Å². The molecule has 68 valence electrons. The summed E-state index contributed by atoms with van der Waals surface area (Å²) in [5.74, 6) is 0.101. The maximum atomic E-state index is 9.22. The molecule has 0 aliphatic carbocycles. The second kappa shape index (κ2) is 3.87. The molecule has 1 aromatic rings. The normalized spacial score (nSPS) is 9.25. The van der Waals surface area contributed by atoms with Gasteiger partial charge in [-0.05, 0) is 31.0 Å². The van der Waals surface area contributed by atoms with E-state index in [-0.39, 0.29) is 18.2 Å². The van der Waals surface area contributed by atoms with E-state index in [1.807, 2.05) is 6.92 Å². The Morgan fingerprint density at radius 3 is 2.42 bits per heavy atom. The van der Waals surface area contributed by atoms with Crippen LogP contribution in [0.15, 0.2) is 6.07 Å². The van der Waals surface area contributed by atoms with Gasteiger partial charge in [-0.15, -0.1) is 12.4 Å². The number of hydrogen-bond acceptors (Lipinski definition) is 2. The fourth-order valence-corrected chi connectivity index (χ4v) is 1.11. The van der Waals surface area contributed by atoms with Crippen LogP contribution in [0.2, 0.25) is 5.02 Å². The molecule has 0 aliphatic rings. The first-order chi connectivity index (χ1) is 5.04. The number of nitrogens with two attached hydrogens (primary N) is 1. The van der Waals surface area contributed by atoms with Crippen molar-refractivity contribution in [1.29, 1.82) is 0 Å². The Bertz CT molecular complexity index is 273. The van der Waals surface area contributed by atoms with E-state index in [1.54, 1.807) is 13.0 Å². The van der Waals surface area contributed by atoms with Gasteiger partial charge in [-0.25, -0.2) is 0 Å². The van der Waals surface area contributed by atoms with Gasteiger partial charge >= 0.3 is 0 Å². The van der Waals surface area contributed by atoms with Crippen LogP contribution in [0.4, 0.5) is 5.69 Å². The van der Waals surface area contributed by atoms with Crippen LogP contribution in [-0.4, -0.2) is 5.11 Å². The number of aromatic hydroxyl groups is 1. The van der Waals surface area contributed by atoms with E-state index in [2.05, 4.69) is 0 Å². The molecule has 0 spiro atoms. The predicted octanol–water partition coefficient (Wildman–Crippen LogP) is 2.67. The lowest BCUT2D eigenvalue weighted by Gasteiger charge is -2.07. The van der Waals surface area contributed by atoms with Crippen LogP contribution in [0.25, 0.3) is 0 Å². The van der Waals surface area contributed by atoms with Crippen LogP contribution < -0.4 is 5.73 Å². The second-order valence-corrected chi connectivity index (χ2v) is 2.94. The summed E-state index contributed by atoms with van der Waals surface area (Å²) in [4.78, 5) is 0. The quantitative estimate of drug-likeness (QED) is 0.508. The molecule has 0 bridgehead atoms. The summed E-state index contributed by atoms with van der Waals surface area (Å²) in [6.07, 6.45) is 0. The molecule has 0 heterocycles. The SMILES string of the molecule is Cc1cc(O)c(N)c(C)c1Cl.Cl. The molecule has 2 nitrogen and oxygen atoms in total. The number of benzene rings is 1. The minimum Gasteiger partial charge on any atom is -0.506 e. The fraction of sp³-hybridized carbons (Fsp3) is 0.250. The Morgan fingerprint density at radius 1 is 1.42 bits per heavy atom. The fourth-order valence-electron chi connectivity index (χ4n) is 0.952. The van der Waals surface area contributed by atoms with Gasteiger partial charge in [-0.3, -0.25) is 0 Å². The number of aryl methyl sites for hydroxylation is 1. The van der Waals surface area contributed by atoms with Crippen LogP contribution >= 0.6 is 24.0 Å². The van der Waals surface area contributed by atoms with Crippen molar-refractivity contribution in [3.63, 3.8) is 0 Å². The second-order valence-electron chi connectivity index (χ2n) is 2.57. The van der Waals surface area contributed by atoms with E-state index in [0.29, 0.717) is 10.7 Å². The van der Waals surface area contributed by atoms with Crippen molar-refractivity contribution in [3.05, 3.63) is 22.2 Å². The molecule has 0 amide bonds. The first-order valence-electron chi connectivity index (χ1n) is 3.28. The largest absolute Gasteiger partial charge is 0.506 e. The minimum atomic E-state index is 0. The van der Waals surface area contributed by atoms with Gasteiger partial charge in [-0.1, -0.05) is 11.6 Å². The lowest BCUT2D eigenvalue weighted by Crippen LogP contribution is -1.92. The number of nitrogen functional groups attached to an aromatic ring is 1. The number of halogens is 2. The molecule has 1 rings (SSSR count). The number of phenolic OH excluding ortho intramolecular Hbond substituents is 1. The number of phenols is 1. The van der Waals surface area contributed by atoms with Gasteiger partial charge in [0.2, 0.25) is 0 Å². The molecular formula is C8H11Cl2NO. The van der Waals surface area contributed by atoms with E-state index in [4.69, 9.17) is 17.3 Å². The molecule has 3 N–H and O–H groups in total. The number of rotatable bonds is 0. The molecule has 0 saturated carbocycles. The molecule has 0 aliphatic heterocycles. The maximum Gasteiger partial charge on any atom is 0.139 e. The Labute approximate surface area is 82.8 Å². The molecule has 0 aromatic heterocycles. The van der Waals surface area contributed by atoms with Crippen molar-refractivity contribution < 1.29 is 5.11 Å². The van der Waals surface area contributed by atoms with Gasteiger partial charge in [-0.2, -0.15) is 0 Å². The molecule has 0 saturated heterocycles. The van der Waals surface area contributed by atoms with Gasteiger partial charge < -0.3 is 10.8 Å². The topological polar surface area (TPSA) is 46.2 Å². The Morgan fingerprint density at radius 2 is 1.92 bits per heavy atom. The smallest absolute Gasteiger partial charge is 0.139 e. The summed E-state index contributed by atoms with van der Waals surface area (Å²) >= 11 is 5.86. The Balaban J connectivity index is 0.00000121. The lowest BCUT2D eigenvalue weighted by atomic mass is 10.1. The van der Waals surface area contributed by atoms with Crippen molar-refractivity contribution in [2.45, 2.75) is 13.8 Å². The zero-order valence-corrected chi connectivity index (χ0v) is 8.46. The Hall–Kier alpha value is -0.600. The number of hydrogen-bond donors (Lipinski definition) is 2. The van der Waals surface area contributed by atoms with Gasteiger partial charge in [0.1, 0.15) is 5.75 Å². The van der Waals surface area contributed by atoms with Crippen LogP contribution in [-0.2, 0) is 0 Å². The first kappa shape index (κ1) is 11.4. The molecule has 12 heavy (non-hydrogen) atoms.